The molecule has 0 radical (unpaired) electrons. The third-order valence-electron chi connectivity index (χ3n) is 4.37. The number of benzene rings is 2. The highest BCUT2D eigenvalue weighted by Crippen LogP contribution is 2.17. The predicted molar refractivity (Wildman–Crippen MR) is 113 cm³/mol. The van der Waals surface area contributed by atoms with Crippen LogP contribution in [-0.2, 0) is 9.53 Å². The van der Waals surface area contributed by atoms with Crippen LogP contribution in [-0.4, -0.2) is 31.7 Å². The number of hydrogen-bond acceptors (Lipinski definition) is 5. The molecule has 0 aromatic heterocycles. The van der Waals surface area contributed by atoms with Crippen LogP contribution in [0.1, 0.15) is 49.9 Å². The van der Waals surface area contributed by atoms with Gasteiger partial charge in [-0.05, 0) is 61.9 Å². The van der Waals surface area contributed by atoms with Crippen molar-refractivity contribution in [1.82, 2.24) is 0 Å². The SMILES string of the molecule is CCCCCCOc1ccc(C(=O)OC(C)C(=O)Nc2ccc(OC)cc2)cc1. The summed E-state index contributed by atoms with van der Waals surface area (Å²) in [4.78, 5) is 24.5. The second kappa shape index (κ2) is 11.7. The Hall–Kier alpha value is -3.02. The Morgan fingerprint density at radius 3 is 2.21 bits per heavy atom. The summed E-state index contributed by atoms with van der Waals surface area (Å²) in [7, 11) is 1.57. The molecule has 0 aliphatic heterocycles. The lowest BCUT2D eigenvalue weighted by molar-refractivity contribution is -0.123. The van der Waals surface area contributed by atoms with E-state index >= 15 is 0 Å². The van der Waals surface area contributed by atoms with Gasteiger partial charge in [0.25, 0.3) is 5.91 Å². The number of ether oxygens (including phenoxy) is 3. The summed E-state index contributed by atoms with van der Waals surface area (Å²) in [5.74, 6) is 0.437. The molecule has 0 saturated carbocycles. The summed E-state index contributed by atoms with van der Waals surface area (Å²) in [6, 6.07) is 13.6. The van der Waals surface area contributed by atoms with Crippen LogP contribution in [0.3, 0.4) is 0 Å². The molecule has 1 N–H and O–H groups in total. The molecule has 156 valence electrons. The maximum Gasteiger partial charge on any atom is 0.338 e. The number of unbranched alkanes of at least 4 members (excludes halogenated alkanes) is 3. The molecule has 0 heterocycles. The first-order chi connectivity index (χ1) is 14.0. The molecule has 6 heteroatoms. The second-order valence-electron chi connectivity index (χ2n) is 6.70. The van der Waals surface area contributed by atoms with Crippen LogP contribution in [0, 0.1) is 0 Å². The highest BCUT2D eigenvalue weighted by atomic mass is 16.5. The monoisotopic (exact) mass is 399 g/mol. The quantitative estimate of drug-likeness (QED) is 0.432. The largest absolute Gasteiger partial charge is 0.497 e. The number of methoxy groups -OCH3 is 1. The number of anilines is 1. The lowest BCUT2D eigenvalue weighted by Gasteiger charge is -2.14. The number of rotatable bonds is 11. The molecule has 0 fully saturated rings. The molecule has 2 aromatic carbocycles. The van der Waals surface area contributed by atoms with Crippen molar-refractivity contribution < 1.29 is 23.8 Å². The molecule has 0 saturated heterocycles. The van der Waals surface area contributed by atoms with Crippen molar-refractivity contribution in [3.8, 4) is 11.5 Å². The first kappa shape index (κ1) is 22.3. The lowest BCUT2D eigenvalue weighted by Crippen LogP contribution is -2.29. The number of esters is 1. The third-order valence-corrected chi connectivity index (χ3v) is 4.37. The van der Waals surface area contributed by atoms with Crippen molar-refractivity contribution in [3.63, 3.8) is 0 Å². The molecule has 0 aliphatic carbocycles. The van der Waals surface area contributed by atoms with Crippen LogP contribution in [0.25, 0.3) is 0 Å². The average Bonchev–Trinajstić information content (AvgIpc) is 2.74. The minimum absolute atomic E-state index is 0.368. The summed E-state index contributed by atoms with van der Waals surface area (Å²) in [6.45, 7) is 4.36. The van der Waals surface area contributed by atoms with Gasteiger partial charge in [0.1, 0.15) is 11.5 Å². The summed E-state index contributed by atoms with van der Waals surface area (Å²) in [5.41, 5.74) is 0.964. The summed E-state index contributed by atoms with van der Waals surface area (Å²) < 4.78 is 16.0. The fraction of sp³-hybridized carbons (Fsp3) is 0.391. The van der Waals surface area contributed by atoms with Crippen LogP contribution in [0.4, 0.5) is 5.69 Å². The number of hydrogen-bond donors (Lipinski definition) is 1. The van der Waals surface area contributed by atoms with E-state index in [-0.39, 0.29) is 0 Å². The Bertz CT molecular complexity index is 771. The van der Waals surface area contributed by atoms with E-state index in [0.29, 0.717) is 29.4 Å². The normalized spacial score (nSPS) is 11.4. The maximum atomic E-state index is 12.3. The van der Waals surface area contributed by atoms with Crippen LogP contribution < -0.4 is 14.8 Å². The molecular weight excluding hydrogens is 370 g/mol. The van der Waals surface area contributed by atoms with Gasteiger partial charge >= 0.3 is 5.97 Å². The summed E-state index contributed by atoms with van der Waals surface area (Å²) in [5, 5.41) is 2.70. The molecule has 1 atom stereocenters. The number of nitrogens with one attached hydrogen (secondary N) is 1. The fourth-order valence-corrected chi connectivity index (χ4v) is 2.61. The Morgan fingerprint density at radius 1 is 0.931 bits per heavy atom. The van der Waals surface area contributed by atoms with Crippen molar-refractivity contribution in [1.29, 1.82) is 0 Å². The van der Waals surface area contributed by atoms with Gasteiger partial charge in [0.15, 0.2) is 6.10 Å². The zero-order valence-electron chi connectivity index (χ0n) is 17.3. The molecule has 2 rings (SSSR count). The predicted octanol–water partition coefficient (Wildman–Crippen LogP) is 4.84. The Kier molecular flexibility index (Phi) is 9.02. The minimum atomic E-state index is -0.931. The molecule has 1 unspecified atom stereocenters. The first-order valence-electron chi connectivity index (χ1n) is 9.92. The van der Waals surface area contributed by atoms with E-state index < -0.39 is 18.0 Å². The molecule has 0 spiro atoms. The highest BCUT2D eigenvalue weighted by Gasteiger charge is 2.19. The summed E-state index contributed by atoms with van der Waals surface area (Å²) >= 11 is 0. The first-order valence-corrected chi connectivity index (χ1v) is 9.92. The molecule has 29 heavy (non-hydrogen) atoms. The minimum Gasteiger partial charge on any atom is -0.497 e. The van der Waals surface area contributed by atoms with Crippen molar-refractivity contribution >= 4 is 17.6 Å². The van der Waals surface area contributed by atoms with E-state index in [1.807, 2.05) is 0 Å². The van der Waals surface area contributed by atoms with Crippen molar-refractivity contribution in [2.75, 3.05) is 19.0 Å². The third kappa shape index (κ3) is 7.49. The van der Waals surface area contributed by atoms with Crippen molar-refractivity contribution in [2.24, 2.45) is 0 Å². The van der Waals surface area contributed by atoms with Crippen LogP contribution >= 0.6 is 0 Å². The van der Waals surface area contributed by atoms with E-state index in [1.165, 1.54) is 19.8 Å². The molecule has 6 nitrogen and oxygen atoms in total. The highest BCUT2D eigenvalue weighted by molar-refractivity contribution is 5.97. The van der Waals surface area contributed by atoms with E-state index in [2.05, 4.69) is 12.2 Å². The van der Waals surface area contributed by atoms with Crippen LogP contribution in [0.2, 0.25) is 0 Å². The van der Waals surface area contributed by atoms with E-state index in [9.17, 15) is 9.59 Å². The Labute approximate surface area is 172 Å². The van der Waals surface area contributed by atoms with Crippen molar-refractivity contribution in [2.45, 2.75) is 45.6 Å². The van der Waals surface area contributed by atoms with Crippen LogP contribution in [0.15, 0.2) is 48.5 Å². The topological polar surface area (TPSA) is 73.9 Å². The fourth-order valence-electron chi connectivity index (χ4n) is 2.61. The maximum absolute atomic E-state index is 12.3. The molecule has 0 bridgehead atoms. The van der Waals surface area contributed by atoms with Crippen LogP contribution in [0.5, 0.6) is 11.5 Å². The van der Waals surface area contributed by atoms with Gasteiger partial charge < -0.3 is 19.5 Å². The standard InChI is InChI=1S/C23H29NO5/c1-4-5-6-7-16-28-21-12-8-18(9-13-21)23(26)29-17(2)22(25)24-19-10-14-20(27-3)15-11-19/h8-15,17H,4-7,16H2,1-3H3,(H,24,25). The van der Waals surface area contributed by atoms with Gasteiger partial charge in [-0.1, -0.05) is 26.2 Å². The van der Waals surface area contributed by atoms with Gasteiger partial charge in [-0.3, -0.25) is 4.79 Å². The van der Waals surface area contributed by atoms with Crippen molar-refractivity contribution in [3.05, 3.63) is 54.1 Å². The second-order valence-corrected chi connectivity index (χ2v) is 6.70. The van der Waals surface area contributed by atoms with Gasteiger partial charge in [-0.2, -0.15) is 0 Å². The average molecular weight is 399 g/mol. The summed E-state index contributed by atoms with van der Waals surface area (Å²) in [6.07, 6.45) is 3.63. The zero-order valence-corrected chi connectivity index (χ0v) is 17.3. The molecule has 1 amide bonds. The molecule has 0 aliphatic rings. The molecule has 2 aromatic rings. The van der Waals surface area contributed by atoms with Gasteiger partial charge in [-0.15, -0.1) is 0 Å². The van der Waals surface area contributed by atoms with Gasteiger partial charge in [-0.25, -0.2) is 4.79 Å². The smallest absolute Gasteiger partial charge is 0.338 e. The Morgan fingerprint density at radius 2 is 1.59 bits per heavy atom. The lowest BCUT2D eigenvalue weighted by atomic mass is 10.2. The van der Waals surface area contributed by atoms with E-state index in [0.717, 1.165) is 12.8 Å². The number of amides is 1. The number of carbonyl (C=O) groups excluding carboxylic acids is 2. The van der Waals surface area contributed by atoms with Gasteiger partial charge in [0.05, 0.1) is 19.3 Å². The van der Waals surface area contributed by atoms with E-state index in [1.54, 1.807) is 55.6 Å². The van der Waals surface area contributed by atoms with Gasteiger partial charge in [0.2, 0.25) is 0 Å². The Balaban J connectivity index is 1.80. The number of carbonyl (C=O) groups is 2. The molecular formula is C23H29NO5. The van der Waals surface area contributed by atoms with Gasteiger partial charge in [0, 0.05) is 5.69 Å². The zero-order chi connectivity index (χ0) is 21.1. The van der Waals surface area contributed by atoms with E-state index in [4.69, 9.17) is 14.2 Å².